The monoisotopic (exact) mass is 585 g/mol. The summed E-state index contributed by atoms with van der Waals surface area (Å²) in [5, 5.41) is 0. The van der Waals surface area contributed by atoms with E-state index in [9.17, 15) is 9.59 Å². The first-order chi connectivity index (χ1) is 21.8. The summed E-state index contributed by atoms with van der Waals surface area (Å²) in [5.41, 5.74) is 18.5. The zero-order valence-electron chi connectivity index (χ0n) is 24.4. The largest absolute Gasteiger partial charge is 0.348 e. The van der Waals surface area contributed by atoms with Crippen molar-refractivity contribution in [2.45, 2.75) is 24.9 Å². The first kappa shape index (κ1) is 25.9. The molecule has 7 rings (SSSR count). The van der Waals surface area contributed by atoms with Crippen LogP contribution in [-0.2, 0) is 12.8 Å². The predicted molar refractivity (Wildman–Crippen MR) is 168 cm³/mol. The summed E-state index contributed by atoms with van der Waals surface area (Å²) in [4.78, 5) is 51.0. The van der Waals surface area contributed by atoms with Crippen LogP contribution < -0.4 is 11.5 Å². The Morgan fingerprint density at radius 1 is 0.682 bits per heavy atom. The molecule has 2 aliphatic rings. The average molecular weight is 586 g/mol. The van der Waals surface area contributed by atoms with Gasteiger partial charge in [-0.1, -0.05) is 0 Å². The van der Waals surface area contributed by atoms with Gasteiger partial charge in [0.1, 0.15) is 0 Å². The Balaban J connectivity index is 1.41. The van der Waals surface area contributed by atoms with Crippen molar-refractivity contribution >= 4 is 58.2 Å². The van der Waals surface area contributed by atoms with E-state index in [-0.39, 0.29) is 30.7 Å². The number of carbonyl (C=O) groups is 2. The summed E-state index contributed by atoms with van der Waals surface area (Å²) in [6, 6.07) is 10.7. The number of aromatic amines is 2. The van der Waals surface area contributed by atoms with Crippen molar-refractivity contribution in [3.63, 3.8) is 0 Å². The summed E-state index contributed by atoms with van der Waals surface area (Å²) in [7, 11) is 0. The molecule has 7 heterocycles. The minimum Gasteiger partial charge on any atom is -0.348 e. The molecule has 12 heteroatoms. The van der Waals surface area contributed by atoms with Gasteiger partial charge in [0.15, 0.2) is 0 Å². The van der Waals surface area contributed by atoms with Crippen molar-refractivity contribution in [1.82, 2.24) is 39.0 Å². The van der Waals surface area contributed by atoms with E-state index >= 15 is 0 Å². The number of imidazole rings is 2. The maximum atomic E-state index is 13.8. The summed E-state index contributed by atoms with van der Waals surface area (Å²) >= 11 is 0. The SMILES string of the molecule is [2H]c1cc2cc3nc(cc4ccc(cc5nc(cc1n2C(=O)[C@@H](N)Cc1cnc[nH]1)C=C5)n4C(=O)[C@@H](N)Cc1cnc[nH]1)C=C3. The summed E-state index contributed by atoms with van der Waals surface area (Å²) in [5.74, 6) is -0.676. The highest BCUT2D eigenvalue weighted by Gasteiger charge is 2.21. The number of fused-ring (bicyclic) bond motifs is 8. The van der Waals surface area contributed by atoms with E-state index in [0.717, 1.165) is 11.4 Å². The van der Waals surface area contributed by atoms with E-state index in [1.807, 2.05) is 18.2 Å². The third kappa shape index (κ3) is 5.30. The Labute approximate surface area is 252 Å². The minimum atomic E-state index is -0.896. The molecule has 0 aromatic carbocycles. The molecule has 0 amide bonds. The van der Waals surface area contributed by atoms with Gasteiger partial charge in [-0.05, 0) is 72.8 Å². The third-order valence-electron chi connectivity index (χ3n) is 7.41. The fraction of sp³-hybridized carbons (Fsp3) is 0.125. The Bertz CT molecular complexity index is 2160. The van der Waals surface area contributed by atoms with E-state index in [1.165, 1.54) is 10.9 Å². The van der Waals surface area contributed by atoms with Gasteiger partial charge in [0, 0.05) is 36.6 Å². The number of carbonyl (C=O) groups excluding carboxylic acids is 2. The lowest BCUT2D eigenvalue weighted by molar-refractivity contribution is 0.0881. The van der Waals surface area contributed by atoms with Crippen LogP contribution in [0.1, 0.15) is 45.1 Å². The standard InChI is InChI=1S/C32H28N10O2/c33-29(13-23-15-35-17-37-23)31(43)41-25-5-6-27(41)11-21-3-4-22(40-21)12-28-8-7-26(10-20-2-1-19(9-25)39-20)42(28)32(44)30(34)14-24-16-36-18-38-24/h1-12,15-18,29-30H,13-14,33-34H2,(H,35,37)(H,36,38)/t29-,30-/m0/s1/i5D. The highest BCUT2D eigenvalue weighted by molar-refractivity contribution is 5.96. The molecule has 2 aliphatic heterocycles. The summed E-state index contributed by atoms with van der Waals surface area (Å²) in [6.07, 6.45) is 14.1. The maximum absolute atomic E-state index is 13.8. The fourth-order valence-corrected chi connectivity index (χ4v) is 5.30. The highest BCUT2D eigenvalue weighted by atomic mass is 16.2. The molecule has 8 bridgehead atoms. The van der Waals surface area contributed by atoms with E-state index in [2.05, 4.69) is 19.9 Å². The van der Waals surface area contributed by atoms with Crippen LogP contribution in [0, 0.1) is 0 Å². The van der Waals surface area contributed by atoms with Crippen LogP contribution in [0.4, 0.5) is 0 Å². The van der Waals surface area contributed by atoms with E-state index in [1.54, 1.807) is 71.8 Å². The Morgan fingerprint density at radius 2 is 1.09 bits per heavy atom. The molecular formula is C32H28N10O2. The molecule has 0 saturated heterocycles. The lowest BCUT2D eigenvalue weighted by atomic mass is 10.1. The number of H-pyrrole nitrogens is 2. The van der Waals surface area contributed by atoms with Gasteiger partial charge in [-0.15, -0.1) is 0 Å². The van der Waals surface area contributed by atoms with Crippen LogP contribution >= 0.6 is 0 Å². The number of hydrogen-bond donors (Lipinski definition) is 4. The molecule has 0 radical (unpaired) electrons. The van der Waals surface area contributed by atoms with Crippen molar-refractivity contribution in [2.24, 2.45) is 11.5 Å². The predicted octanol–water partition coefficient (Wildman–Crippen LogP) is 3.47. The second-order valence-electron chi connectivity index (χ2n) is 10.6. The first-order valence-electron chi connectivity index (χ1n) is 14.5. The minimum absolute atomic E-state index is 0.134. The quantitative estimate of drug-likeness (QED) is 0.229. The molecule has 5 aromatic heterocycles. The van der Waals surface area contributed by atoms with E-state index < -0.39 is 12.1 Å². The number of rotatable bonds is 6. The Kier molecular flexibility index (Phi) is 6.59. The second kappa shape index (κ2) is 11.2. The van der Waals surface area contributed by atoms with Gasteiger partial charge in [0.25, 0.3) is 0 Å². The van der Waals surface area contributed by atoms with Gasteiger partial charge >= 0.3 is 0 Å². The molecule has 0 saturated carbocycles. The van der Waals surface area contributed by atoms with E-state index in [0.29, 0.717) is 44.8 Å². The van der Waals surface area contributed by atoms with Crippen LogP contribution in [0.5, 0.6) is 0 Å². The molecule has 6 N–H and O–H groups in total. The van der Waals surface area contributed by atoms with Gasteiger partial charge in [0.2, 0.25) is 11.8 Å². The van der Waals surface area contributed by atoms with E-state index in [4.69, 9.17) is 22.8 Å². The Hall–Kier alpha value is -5.72. The number of hydrogen-bond acceptors (Lipinski definition) is 8. The van der Waals surface area contributed by atoms with Crippen molar-refractivity contribution in [2.75, 3.05) is 0 Å². The van der Waals surface area contributed by atoms with Crippen LogP contribution in [-0.4, -0.2) is 62.9 Å². The number of nitrogens with one attached hydrogen (secondary N) is 2. The molecule has 5 aromatic rings. The Morgan fingerprint density at radius 3 is 1.52 bits per heavy atom. The smallest absolute Gasteiger partial charge is 0.248 e. The fourth-order valence-electron chi connectivity index (χ4n) is 5.30. The second-order valence-corrected chi connectivity index (χ2v) is 10.6. The molecule has 44 heavy (non-hydrogen) atoms. The highest BCUT2D eigenvalue weighted by Crippen LogP contribution is 2.22. The molecule has 0 spiro atoms. The van der Waals surface area contributed by atoms with Gasteiger partial charge in [-0.25, -0.2) is 19.9 Å². The molecule has 218 valence electrons. The molecule has 0 fully saturated rings. The van der Waals surface area contributed by atoms with Crippen molar-refractivity contribution in [1.29, 1.82) is 0 Å². The van der Waals surface area contributed by atoms with Crippen molar-refractivity contribution in [3.05, 3.63) is 108 Å². The zero-order valence-corrected chi connectivity index (χ0v) is 23.4. The maximum Gasteiger partial charge on any atom is 0.248 e. The number of nitrogens with zero attached hydrogens (tertiary/aromatic N) is 6. The summed E-state index contributed by atoms with van der Waals surface area (Å²) in [6.45, 7) is 0. The number of aromatic nitrogens is 8. The van der Waals surface area contributed by atoms with Crippen molar-refractivity contribution < 1.29 is 11.0 Å². The van der Waals surface area contributed by atoms with Crippen LogP contribution in [0.3, 0.4) is 0 Å². The normalized spacial score (nSPS) is 14.0. The zero-order chi connectivity index (χ0) is 31.1. The number of nitrogens with two attached hydrogens (primary N) is 2. The van der Waals surface area contributed by atoms with Gasteiger partial charge < -0.3 is 21.4 Å². The van der Waals surface area contributed by atoms with Crippen LogP contribution in [0.2, 0.25) is 0 Å². The van der Waals surface area contributed by atoms with Crippen molar-refractivity contribution in [3.8, 4) is 0 Å². The lowest BCUT2D eigenvalue weighted by Gasteiger charge is -2.12. The van der Waals surface area contributed by atoms with Crippen LogP contribution in [0.25, 0.3) is 46.4 Å². The molecule has 2 atom stereocenters. The molecule has 0 aliphatic carbocycles. The first-order valence-corrected chi connectivity index (χ1v) is 14.0. The van der Waals surface area contributed by atoms with Gasteiger partial charge in [-0.2, -0.15) is 0 Å². The topological polar surface area (TPSA) is 179 Å². The molecule has 12 nitrogen and oxygen atoms in total. The lowest BCUT2D eigenvalue weighted by Crippen LogP contribution is -2.36. The average Bonchev–Trinajstić information content (AvgIpc) is 3.86. The van der Waals surface area contributed by atoms with Crippen LogP contribution in [0.15, 0.2) is 73.6 Å². The van der Waals surface area contributed by atoms with Gasteiger partial charge in [-0.3, -0.25) is 18.7 Å². The van der Waals surface area contributed by atoms with Gasteiger partial charge in [0.05, 0.1) is 71.0 Å². The molecular weight excluding hydrogens is 556 g/mol. The molecule has 0 unspecified atom stereocenters. The summed E-state index contributed by atoms with van der Waals surface area (Å²) < 4.78 is 11.8. The third-order valence-corrected chi connectivity index (χ3v) is 7.41.